The van der Waals surface area contributed by atoms with E-state index in [9.17, 15) is 4.57 Å². The van der Waals surface area contributed by atoms with Gasteiger partial charge in [0.05, 0.1) is 12.7 Å². The molecule has 0 heterocycles. The SMILES string of the molecule is CCCCCCCCCCCCCCP(=O)(CO)CO. The summed E-state index contributed by atoms with van der Waals surface area (Å²) in [7, 11) is -2.65. The molecule has 20 heavy (non-hydrogen) atoms. The maximum atomic E-state index is 11.7. The fourth-order valence-electron chi connectivity index (χ4n) is 2.43. The topological polar surface area (TPSA) is 57.5 Å². The Balaban J connectivity index is 3.19. The first-order valence-electron chi connectivity index (χ1n) is 8.47. The molecule has 2 N–H and O–H groups in total. The smallest absolute Gasteiger partial charge is 0.136 e. The van der Waals surface area contributed by atoms with Gasteiger partial charge in [0.25, 0.3) is 0 Å². The molecule has 0 unspecified atom stereocenters. The van der Waals surface area contributed by atoms with Gasteiger partial charge in [-0.05, 0) is 6.42 Å². The van der Waals surface area contributed by atoms with Gasteiger partial charge in [-0.25, -0.2) is 0 Å². The summed E-state index contributed by atoms with van der Waals surface area (Å²) in [6, 6.07) is 0. The molecule has 0 amide bonds. The minimum absolute atomic E-state index is 0.346. The third-order valence-corrected chi connectivity index (χ3v) is 6.10. The van der Waals surface area contributed by atoms with Gasteiger partial charge < -0.3 is 14.8 Å². The fraction of sp³-hybridized carbons (Fsp3) is 1.00. The predicted octanol–water partition coefficient (Wildman–Crippen LogP) is 4.95. The van der Waals surface area contributed by atoms with Gasteiger partial charge in [0.2, 0.25) is 0 Å². The summed E-state index contributed by atoms with van der Waals surface area (Å²) >= 11 is 0. The molecule has 3 nitrogen and oxygen atoms in total. The molecule has 0 rings (SSSR count). The second kappa shape index (κ2) is 14.1. The van der Waals surface area contributed by atoms with Crippen LogP contribution in [-0.2, 0) is 4.57 Å². The van der Waals surface area contributed by atoms with Crippen molar-refractivity contribution >= 4 is 7.14 Å². The Morgan fingerprint density at radius 1 is 0.650 bits per heavy atom. The Kier molecular flexibility index (Phi) is 14.2. The van der Waals surface area contributed by atoms with Crippen molar-refractivity contribution in [2.24, 2.45) is 0 Å². The molecular weight excluding hydrogens is 271 g/mol. The molecule has 4 heteroatoms. The van der Waals surface area contributed by atoms with Crippen molar-refractivity contribution in [1.29, 1.82) is 0 Å². The first-order chi connectivity index (χ1) is 9.68. The van der Waals surface area contributed by atoms with Crippen LogP contribution < -0.4 is 0 Å². The first-order valence-corrected chi connectivity index (χ1v) is 10.7. The highest BCUT2D eigenvalue weighted by Gasteiger charge is 2.18. The standard InChI is InChI=1S/C16H35O3P/c1-2-3-4-5-6-7-8-9-10-11-12-13-14-20(19,15-17)16-18/h17-18H,2-16H2,1H3. The normalized spacial score (nSPS) is 11.9. The lowest BCUT2D eigenvalue weighted by Crippen LogP contribution is -1.99. The van der Waals surface area contributed by atoms with Crippen LogP contribution in [0, 0.1) is 0 Å². The zero-order chi connectivity index (χ0) is 15.1. The quantitative estimate of drug-likeness (QED) is 0.332. The molecule has 0 aromatic carbocycles. The van der Waals surface area contributed by atoms with Gasteiger partial charge in [-0.3, -0.25) is 0 Å². The van der Waals surface area contributed by atoms with Gasteiger partial charge in [-0.1, -0.05) is 77.6 Å². The van der Waals surface area contributed by atoms with Crippen LogP contribution in [0.4, 0.5) is 0 Å². The van der Waals surface area contributed by atoms with Crippen LogP contribution in [0.15, 0.2) is 0 Å². The van der Waals surface area contributed by atoms with Crippen LogP contribution in [0.1, 0.15) is 84.0 Å². The summed E-state index contributed by atoms with van der Waals surface area (Å²) in [5.41, 5.74) is 0. The largest absolute Gasteiger partial charge is 0.389 e. The van der Waals surface area contributed by atoms with Gasteiger partial charge in [-0.15, -0.1) is 0 Å². The minimum Gasteiger partial charge on any atom is -0.389 e. The fourth-order valence-corrected chi connectivity index (χ4v) is 3.60. The van der Waals surface area contributed by atoms with Gasteiger partial charge >= 0.3 is 0 Å². The van der Waals surface area contributed by atoms with E-state index in [0.717, 1.165) is 12.8 Å². The molecule has 0 aliphatic heterocycles. The average molecular weight is 306 g/mol. The van der Waals surface area contributed by atoms with Gasteiger partial charge in [0, 0.05) is 6.16 Å². The molecular formula is C16H35O3P. The summed E-state index contributed by atoms with van der Waals surface area (Å²) in [5, 5.41) is 17.9. The Hall–Kier alpha value is 0.150. The molecule has 0 aliphatic carbocycles. The lowest BCUT2D eigenvalue weighted by atomic mass is 10.1. The van der Waals surface area contributed by atoms with Crippen molar-refractivity contribution in [3.05, 3.63) is 0 Å². The highest BCUT2D eigenvalue weighted by atomic mass is 31.2. The lowest BCUT2D eigenvalue weighted by molar-refractivity contribution is 0.324. The number of hydrogen-bond acceptors (Lipinski definition) is 3. The lowest BCUT2D eigenvalue weighted by Gasteiger charge is -2.11. The van der Waals surface area contributed by atoms with Crippen LogP contribution >= 0.6 is 7.14 Å². The van der Waals surface area contributed by atoms with E-state index in [4.69, 9.17) is 10.2 Å². The van der Waals surface area contributed by atoms with Gasteiger partial charge in [-0.2, -0.15) is 0 Å². The Labute approximate surface area is 125 Å². The second-order valence-corrected chi connectivity index (χ2v) is 9.08. The van der Waals surface area contributed by atoms with Crippen LogP contribution in [0.2, 0.25) is 0 Å². The molecule has 0 atom stereocenters. The first kappa shape index (κ1) is 20.1. The van der Waals surface area contributed by atoms with E-state index in [1.54, 1.807) is 0 Å². The molecule has 0 saturated carbocycles. The van der Waals surface area contributed by atoms with Crippen molar-refractivity contribution in [2.45, 2.75) is 84.0 Å². The minimum atomic E-state index is -2.65. The van der Waals surface area contributed by atoms with Crippen molar-refractivity contribution in [3.63, 3.8) is 0 Å². The van der Waals surface area contributed by atoms with E-state index in [1.807, 2.05) is 0 Å². The molecule has 0 spiro atoms. The predicted molar refractivity (Wildman–Crippen MR) is 87.7 cm³/mol. The van der Waals surface area contributed by atoms with E-state index in [2.05, 4.69) is 6.92 Å². The van der Waals surface area contributed by atoms with E-state index in [-0.39, 0.29) is 12.7 Å². The van der Waals surface area contributed by atoms with Crippen molar-refractivity contribution < 1.29 is 14.8 Å². The summed E-state index contributed by atoms with van der Waals surface area (Å²) in [5.74, 6) is 0. The third kappa shape index (κ3) is 11.9. The number of rotatable bonds is 15. The van der Waals surface area contributed by atoms with E-state index in [1.165, 1.54) is 64.2 Å². The summed E-state index contributed by atoms with van der Waals surface area (Å²) in [6.07, 6.45) is 15.1. The maximum Gasteiger partial charge on any atom is 0.136 e. The number of hydrogen-bond donors (Lipinski definition) is 2. The van der Waals surface area contributed by atoms with Crippen LogP contribution in [0.5, 0.6) is 0 Å². The van der Waals surface area contributed by atoms with Gasteiger partial charge in [0.1, 0.15) is 7.14 Å². The molecule has 122 valence electrons. The molecule has 0 bridgehead atoms. The van der Waals surface area contributed by atoms with Gasteiger partial charge in [0.15, 0.2) is 0 Å². The van der Waals surface area contributed by atoms with E-state index >= 15 is 0 Å². The highest BCUT2D eigenvalue weighted by molar-refractivity contribution is 7.63. The average Bonchev–Trinajstić information content (AvgIpc) is 2.48. The number of aliphatic hydroxyl groups is 2. The maximum absolute atomic E-state index is 11.7. The molecule has 0 aromatic heterocycles. The summed E-state index contributed by atoms with van der Waals surface area (Å²) in [4.78, 5) is 0. The highest BCUT2D eigenvalue weighted by Crippen LogP contribution is 2.43. The zero-order valence-electron chi connectivity index (χ0n) is 13.4. The van der Waals surface area contributed by atoms with Crippen molar-refractivity contribution in [1.82, 2.24) is 0 Å². The summed E-state index contributed by atoms with van der Waals surface area (Å²) in [6.45, 7) is 2.25. The summed E-state index contributed by atoms with van der Waals surface area (Å²) < 4.78 is 11.7. The second-order valence-electron chi connectivity index (χ2n) is 5.95. The zero-order valence-corrected chi connectivity index (χ0v) is 14.3. The monoisotopic (exact) mass is 306 g/mol. The number of unbranched alkanes of at least 4 members (excludes halogenated alkanes) is 11. The molecule has 0 saturated heterocycles. The van der Waals surface area contributed by atoms with E-state index < -0.39 is 7.14 Å². The van der Waals surface area contributed by atoms with Crippen LogP contribution in [0.3, 0.4) is 0 Å². The third-order valence-electron chi connectivity index (χ3n) is 3.93. The van der Waals surface area contributed by atoms with E-state index in [0.29, 0.717) is 6.16 Å². The van der Waals surface area contributed by atoms with Crippen molar-refractivity contribution in [3.8, 4) is 0 Å². The molecule has 0 fully saturated rings. The molecule has 0 aromatic rings. The van der Waals surface area contributed by atoms with Crippen molar-refractivity contribution in [2.75, 3.05) is 18.9 Å². The Bertz CT molecular complexity index is 236. The Morgan fingerprint density at radius 3 is 1.35 bits per heavy atom. The van der Waals surface area contributed by atoms with Crippen LogP contribution in [0.25, 0.3) is 0 Å². The number of aliphatic hydroxyl groups excluding tert-OH is 2. The van der Waals surface area contributed by atoms with Crippen LogP contribution in [-0.4, -0.2) is 29.1 Å². The molecule has 0 aliphatic rings. The Morgan fingerprint density at radius 2 is 1.00 bits per heavy atom. The molecule has 0 radical (unpaired) electrons.